The van der Waals surface area contributed by atoms with Crippen LogP contribution in [0.2, 0.25) is 0 Å². The molecule has 1 atom stereocenters. The van der Waals surface area contributed by atoms with Crippen molar-refractivity contribution in [2.24, 2.45) is 0 Å². The number of aromatic nitrogens is 1. The van der Waals surface area contributed by atoms with E-state index in [4.69, 9.17) is 5.11 Å². The summed E-state index contributed by atoms with van der Waals surface area (Å²) in [4.78, 5) is 22.6. The lowest BCUT2D eigenvalue weighted by atomic mass is 10.0. The van der Waals surface area contributed by atoms with E-state index in [9.17, 15) is 9.59 Å². The Bertz CT molecular complexity index is 466. The molecule has 0 radical (unpaired) electrons. The van der Waals surface area contributed by atoms with E-state index in [1.807, 2.05) is 0 Å². The maximum absolute atomic E-state index is 11.6. The number of aliphatic carboxylic acids is 1. The topological polar surface area (TPSA) is 59.3 Å². The Labute approximate surface area is 94.7 Å². The summed E-state index contributed by atoms with van der Waals surface area (Å²) in [6, 6.07) is 2.37. The van der Waals surface area contributed by atoms with Gasteiger partial charge < -0.3 is 5.11 Å². The Hall–Kier alpha value is -1.10. The summed E-state index contributed by atoms with van der Waals surface area (Å²) in [5, 5.41) is 9.03. The first-order valence-corrected chi connectivity index (χ1v) is 5.53. The Balaban J connectivity index is 2.65. The van der Waals surface area contributed by atoms with Crippen LogP contribution < -0.4 is 5.56 Å². The zero-order chi connectivity index (χ0) is 11.0. The number of halogens is 1. The highest BCUT2D eigenvalue weighted by Crippen LogP contribution is 2.27. The lowest BCUT2D eigenvalue weighted by molar-refractivity contribution is -0.141. The summed E-state index contributed by atoms with van der Waals surface area (Å²) >= 11 is 3.34. The van der Waals surface area contributed by atoms with Gasteiger partial charge in [-0.2, -0.15) is 0 Å². The molecule has 80 valence electrons. The van der Waals surface area contributed by atoms with Gasteiger partial charge in [-0.15, -0.1) is 0 Å². The highest BCUT2D eigenvalue weighted by atomic mass is 79.9. The van der Waals surface area contributed by atoms with E-state index < -0.39 is 12.0 Å². The number of carboxylic acid groups (broad SMARTS) is 1. The molecule has 1 aliphatic rings. The number of fused-ring (bicyclic) bond motifs is 1. The van der Waals surface area contributed by atoms with E-state index >= 15 is 0 Å². The monoisotopic (exact) mass is 271 g/mol. The number of hydrogen-bond donors (Lipinski definition) is 1. The molecule has 1 aromatic heterocycles. The van der Waals surface area contributed by atoms with Crippen molar-refractivity contribution in [1.82, 2.24) is 4.57 Å². The van der Waals surface area contributed by atoms with E-state index in [-0.39, 0.29) is 5.56 Å². The molecule has 0 amide bonds. The predicted molar refractivity (Wildman–Crippen MR) is 58.0 cm³/mol. The minimum absolute atomic E-state index is 0.236. The standard InChI is InChI=1S/C10H10BrNO3/c11-6-4-5-9(13)12-7(6)2-1-3-8(12)10(14)15/h4-5,8H,1-3H2,(H,14,15). The zero-order valence-electron chi connectivity index (χ0n) is 7.94. The smallest absolute Gasteiger partial charge is 0.326 e. The van der Waals surface area contributed by atoms with Gasteiger partial charge in [-0.05, 0) is 41.3 Å². The van der Waals surface area contributed by atoms with E-state index in [1.54, 1.807) is 6.07 Å². The first-order chi connectivity index (χ1) is 7.11. The summed E-state index contributed by atoms with van der Waals surface area (Å²) in [6.45, 7) is 0. The molecule has 2 heterocycles. The van der Waals surface area contributed by atoms with Gasteiger partial charge in [-0.3, -0.25) is 9.36 Å². The quantitative estimate of drug-likeness (QED) is 0.844. The molecule has 2 rings (SSSR count). The Morgan fingerprint density at radius 1 is 1.53 bits per heavy atom. The second kappa shape index (κ2) is 3.81. The van der Waals surface area contributed by atoms with Crippen LogP contribution in [0.3, 0.4) is 0 Å². The van der Waals surface area contributed by atoms with Crippen LogP contribution in [-0.4, -0.2) is 15.6 Å². The number of rotatable bonds is 1. The highest BCUT2D eigenvalue weighted by Gasteiger charge is 2.27. The van der Waals surface area contributed by atoms with Crippen LogP contribution in [0.1, 0.15) is 24.6 Å². The third kappa shape index (κ3) is 1.71. The third-order valence-electron chi connectivity index (χ3n) is 2.66. The van der Waals surface area contributed by atoms with Crippen LogP contribution in [0.5, 0.6) is 0 Å². The molecule has 5 heteroatoms. The highest BCUT2D eigenvalue weighted by molar-refractivity contribution is 9.10. The van der Waals surface area contributed by atoms with Crippen molar-refractivity contribution in [3.05, 3.63) is 32.7 Å². The molecule has 4 nitrogen and oxygen atoms in total. The molecule has 1 aliphatic heterocycles. The fourth-order valence-electron chi connectivity index (χ4n) is 1.98. The molecule has 0 aromatic carbocycles. The molecule has 0 aliphatic carbocycles. The number of nitrogens with zero attached hydrogens (tertiary/aromatic N) is 1. The van der Waals surface area contributed by atoms with E-state index in [2.05, 4.69) is 15.9 Å². The van der Waals surface area contributed by atoms with Gasteiger partial charge in [0, 0.05) is 16.2 Å². The van der Waals surface area contributed by atoms with Gasteiger partial charge in [0.1, 0.15) is 6.04 Å². The largest absolute Gasteiger partial charge is 0.480 e. The molecule has 0 spiro atoms. The number of hydrogen-bond acceptors (Lipinski definition) is 2. The molecule has 1 N–H and O–H groups in total. The molecular weight excluding hydrogens is 262 g/mol. The molecule has 1 unspecified atom stereocenters. The van der Waals surface area contributed by atoms with Gasteiger partial charge >= 0.3 is 5.97 Å². The summed E-state index contributed by atoms with van der Waals surface area (Å²) in [5.74, 6) is -0.934. The van der Waals surface area contributed by atoms with E-state index in [0.29, 0.717) is 6.42 Å². The van der Waals surface area contributed by atoms with Crippen molar-refractivity contribution in [3.8, 4) is 0 Å². The van der Waals surface area contributed by atoms with Crippen LogP contribution >= 0.6 is 15.9 Å². The lowest BCUT2D eigenvalue weighted by Crippen LogP contribution is -2.34. The van der Waals surface area contributed by atoms with Gasteiger partial charge in [0.15, 0.2) is 0 Å². The van der Waals surface area contributed by atoms with E-state index in [1.165, 1.54) is 10.6 Å². The molecule has 0 saturated heterocycles. The third-order valence-corrected chi connectivity index (χ3v) is 3.39. The first-order valence-electron chi connectivity index (χ1n) is 4.74. The van der Waals surface area contributed by atoms with Gasteiger partial charge in [0.05, 0.1) is 0 Å². The Kier molecular flexibility index (Phi) is 2.65. The van der Waals surface area contributed by atoms with Crippen molar-refractivity contribution in [1.29, 1.82) is 0 Å². The number of carboxylic acids is 1. The van der Waals surface area contributed by atoms with Gasteiger partial charge in [-0.1, -0.05) is 0 Å². The minimum atomic E-state index is -0.934. The number of carbonyl (C=O) groups is 1. The molecule has 0 fully saturated rings. The van der Waals surface area contributed by atoms with Crippen LogP contribution in [0.25, 0.3) is 0 Å². The zero-order valence-corrected chi connectivity index (χ0v) is 9.53. The van der Waals surface area contributed by atoms with Crippen molar-refractivity contribution in [3.63, 3.8) is 0 Å². The second-order valence-electron chi connectivity index (χ2n) is 3.58. The fourth-order valence-corrected chi connectivity index (χ4v) is 2.50. The molecule has 0 saturated carbocycles. The maximum Gasteiger partial charge on any atom is 0.326 e. The minimum Gasteiger partial charge on any atom is -0.480 e. The van der Waals surface area contributed by atoms with Crippen LogP contribution in [0.4, 0.5) is 0 Å². The predicted octanol–water partition coefficient (Wildman–Crippen LogP) is 1.57. The molecule has 15 heavy (non-hydrogen) atoms. The average Bonchev–Trinajstić information content (AvgIpc) is 2.23. The number of pyridine rings is 1. The lowest BCUT2D eigenvalue weighted by Gasteiger charge is -2.25. The SMILES string of the molecule is O=C(O)C1CCCc2c(Br)ccc(=O)n21. The average molecular weight is 272 g/mol. The molecule has 0 bridgehead atoms. The van der Waals surface area contributed by atoms with Crippen molar-refractivity contribution in [2.75, 3.05) is 0 Å². The normalized spacial score (nSPS) is 19.7. The fraction of sp³-hybridized carbons (Fsp3) is 0.400. The Morgan fingerprint density at radius 3 is 2.93 bits per heavy atom. The van der Waals surface area contributed by atoms with Crippen LogP contribution in [-0.2, 0) is 11.2 Å². The molecular formula is C10H10BrNO3. The van der Waals surface area contributed by atoms with Gasteiger partial charge in [0.2, 0.25) is 0 Å². The first kappa shape index (κ1) is 10.4. The second-order valence-corrected chi connectivity index (χ2v) is 4.44. The maximum atomic E-state index is 11.6. The van der Waals surface area contributed by atoms with Gasteiger partial charge in [0.25, 0.3) is 5.56 Å². The van der Waals surface area contributed by atoms with E-state index in [0.717, 1.165) is 23.0 Å². The summed E-state index contributed by atoms with van der Waals surface area (Å²) in [6.07, 6.45) is 2.08. The van der Waals surface area contributed by atoms with Gasteiger partial charge in [-0.25, -0.2) is 4.79 Å². The van der Waals surface area contributed by atoms with Crippen LogP contribution in [0.15, 0.2) is 21.4 Å². The van der Waals surface area contributed by atoms with Crippen LogP contribution in [0, 0.1) is 0 Å². The summed E-state index contributed by atoms with van der Waals surface area (Å²) in [5.41, 5.74) is 0.557. The molecule has 1 aromatic rings. The van der Waals surface area contributed by atoms with Crippen molar-refractivity contribution >= 4 is 21.9 Å². The Morgan fingerprint density at radius 2 is 2.27 bits per heavy atom. The van der Waals surface area contributed by atoms with Crippen molar-refractivity contribution < 1.29 is 9.90 Å². The van der Waals surface area contributed by atoms with Crippen molar-refractivity contribution in [2.45, 2.75) is 25.3 Å². The summed E-state index contributed by atoms with van der Waals surface area (Å²) in [7, 11) is 0. The summed E-state index contributed by atoms with van der Waals surface area (Å²) < 4.78 is 2.20.